The van der Waals surface area contributed by atoms with Crippen molar-refractivity contribution in [3.05, 3.63) is 42.5 Å². The molecule has 0 saturated heterocycles. The molecule has 11 heavy (non-hydrogen) atoms. The van der Waals surface area contributed by atoms with Gasteiger partial charge in [0.25, 0.3) is 0 Å². The van der Waals surface area contributed by atoms with Gasteiger partial charge in [0.05, 0.1) is 0 Å². The molecule has 0 aliphatic heterocycles. The maximum atomic E-state index is 9.04. The minimum Gasteiger partial charge on any atom is -0.508 e. The van der Waals surface area contributed by atoms with Crippen LogP contribution in [0.3, 0.4) is 0 Å². The second-order valence-electron chi connectivity index (χ2n) is 2.29. The molecule has 0 saturated carbocycles. The maximum Gasteiger partial charge on any atom is 0.118 e. The Morgan fingerprint density at radius 2 is 1.73 bits per heavy atom. The van der Waals surface area contributed by atoms with E-state index in [1.807, 2.05) is 26.0 Å². The van der Waals surface area contributed by atoms with Gasteiger partial charge in [-0.2, -0.15) is 0 Å². The van der Waals surface area contributed by atoms with Gasteiger partial charge in [0.1, 0.15) is 5.75 Å². The molecule has 1 aromatic carbocycles. The van der Waals surface area contributed by atoms with Gasteiger partial charge in [0.15, 0.2) is 0 Å². The van der Waals surface area contributed by atoms with Crippen LogP contribution in [-0.4, -0.2) is 5.11 Å². The first-order chi connectivity index (χ1) is 5.20. The van der Waals surface area contributed by atoms with Crippen LogP contribution in [0.4, 0.5) is 0 Å². The lowest BCUT2D eigenvalue weighted by Crippen LogP contribution is -1.75. The van der Waals surface area contributed by atoms with Gasteiger partial charge in [-0.05, 0) is 25.5 Å². The van der Waals surface area contributed by atoms with Crippen LogP contribution in [0.5, 0.6) is 5.75 Å². The Morgan fingerprint density at radius 3 is 2.09 bits per heavy atom. The van der Waals surface area contributed by atoms with Crippen LogP contribution in [0, 0.1) is 13.8 Å². The Hall–Kier alpha value is -1.24. The molecule has 0 unspecified atom stereocenters. The third-order valence-electron chi connectivity index (χ3n) is 1.35. The zero-order valence-electron chi connectivity index (χ0n) is 7.09. The van der Waals surface area contributed by atoms with Crippen LogP contribution in [-0.2, 0) is 0 Å². The fraction of sp³-hybridized carbons (Fsp3) is 0.200. The van der Waals surface area contributed by atoms with E-state index in [0.717, 1.165) is 5.56 Å². The first-order valence-electron chi connectivity index (χ1n) is 3.46. The van der Waals surface area contributed by atoms with E-state index in [9.17, 15) is 0 Å². The lowest BCUT2D eigenvalue weighted by Gasteiger charge is -1.97. The summed E-state index contributed by atoms with van der Waals surface area (Å²) in [5.74, 6) is 0.376. The van der Waals surface area contributed by atoms with Crippen molar-refractivity contribution in [2.24, 2.45) is 0 Å². The van der Waals surface area contributed by atoms with Crippen LogP contribution < -0.4 is 0 Å². The SMILES string of the molecule is C=C.Cc1ccc(O)c(C)c1. The van der Waals surface area contributed by atoms with Crippen molar-refractivity contribution in [2.75, 3.05) is 0 Å². The van der Waals surface area contributed by atoms with Gasteiger partial charge in [-0.25, -0.2) is 0 Å². The predicted octanol–water partition coefficient (Wildman–Crippen LogP) is 2.81. The molecule has 0 aliphatic rings. The molecule has 1 rings (SSSR count). The van der Waals surface area contributed by atoms with Gasteiger partial charge in [-0.3, -0.25) is 0 Å². The summed E-state index contributed by atoms with van der Waals surface area (Å²) in [4.78, 5) is 0. The molecule has 0 bridgehead atoms. The molecule has 1 nitrogen and oxygen atoms in total. The van der Waals surface area contributed by atoms with Crippen molar-refractivity contribution < 1.29 is 5.11 Å². The molecule has 0 atom stereocenters. The van der Waals surface area contributed by atoms with Crippen molar-refractivity contribution >= 4 is 0 Å². The number of benzene rings is 1. The van der Waals surface area contributed by atoms with Crippen LogP contribution >= 0.6 is 0 Å². The minimum absolute atomic E-state index is 0.376. The molecule has 0 radical (unpaired) electrons. The number of phenolic OH excluding ortho intramolecular Hbond substituents is 1. The van der Waals surface area contributed by atoms with Crippen molar-refractivity contribution in [3.8, 4) is 5.75 Å². The summed E-state index contributed by atoms with van der Waals surface area (Å²) in [6, 6.07) is 5.56. The molecule has 1 aromatic rings. The largest absolute Gasteiger partial charge is 0.508 e. The number of phenols is 1. The highest BCUT2D eigenvalue weighted by Crippen LogP contribution is 2.15. The van der Waals surface area contributed by atoms with E-state index in [1.165, 1.54) is 5.56 Å². The average molecular weight is 150 g/mol. The van der Waals surface area contributed by atoms with E-state index in [1.54, 1.807) is 6.07 Å². The zero-order valence-corrected chi connectivity index (χ0v) is 7.09. The summed E-state index contributed by atoms with van der Waals surface area (Å²) in [7, 11) is 0. The van der Waals surface area contributed by atoms with E-state index < -0.39 is 0 Å². The second-order valence-corrected chi connectivity index (χ2v) is 2.29. The molecule has 0 aromatic heterocycles. The fourth-order valence-corrected chi connectivity index (χ4v) is 0.805. The topological polar surface area (TPSA) is 20.2 Å². The monoisotopic (exact) mass is 150 g/mol. The number of aryl methyl sites for hydroxylation is 2. The lowest BCUT2D eigenvalue weighted by atomic mass is 10.1. The summed E-state index contributed by atoms with van der Waals surface area (Å²) < 4.78 is 0. The van der Waals surface area contributed by atoms with Gasteiger partial charge in [-0.15, -0.1) is 13.2 Å². The third kappa shape index (κ3) is 2.89. The van der Waals surface area contributed by atoms with Crippen molar-refractivity contribution in [1.82, 2.24) is 0 Å². The Labute approximate surface area is 68.0 Å². The minimum atomic E-state index is 0.376. The summed E-state index contributed by atoms with van der Waals surface area (Å²) in [6.45, 7) is 9.90. The molecule has 60 valence electrons. The Kier molecular flexibility index (Phi) is 4.04. The van der Waals surface area contributed by atoms with Crippen molar-refractivity contribution in [3.63, 3.8) is 0 Å². The molecule has 1 heteroatoms. The van der Waals surface area contributed by atoms with E-state index in [4.69, 9.17) is 5.11 Å². The fourth-order valence-electron chi connectivity index (χ4n) is 0.805. The lowest BCUT2D eigenvalue weighted by molar-refractivity contribution is 0.471. The van der Waals surface area contributed by atoms with Crippen LogP contribution in [0.15, 0.2) is 31.4 Å². The normalized spacial score (nSPS) is 8.18. The first-order valence-corrected chi connectivity index (χ1v) is 3.46. The van der Waals surface area contributed by atoms with Crippen molar-refractivity contribution in [1.29, 1.82) is 0 Å². The molecule has 1 N–H and O–H groups in total. The van der Waals surface area contributed by atoms with Crippen LogP contribution in [0.25, 0.3) is 0 Å². The highest BCUT2D eigenvalue weighted by molar-refractivity contribution is 5.34. The first kappa shape index (κ1) is 9.76. The summed E-state index contributed by atoms with van der Waals surface area (Å²) in [6.07, 6.45) is 0. The van der Waals surface area contributed by atoms with Crippen LogP contribution in [0.2, 0.25) is 0 Å². The highest BCUT2D eigenvalue weighted by atomic mass is 16.3. The molecule has 0 heterocycles. The molecule has 0 aliphatic carbocycles. The maximum absolute atomic E-state index is 9.04. The second kappa shape index (κ2) is 4.56. The van der Waals surface area contributed by atoms with Gasteiger partial charge < -0.3 is 5.11 Å². The van der Waals surface area contributed by atoms with Gasteiger partial charge >= 0.3 is 0 Å². The van der Waals surface area contributed by atoms with E-state index in [0.29, 0.717) is 5.75 Å². The van der Waals surface area contributed by atoms with Gasteiger partial charge in [0.2, 0.25) is 0 Å². The zero-order chi connectivity index (χ0) is 8.85. The number of hydrogen-bond acceptors (Lipinski definition) is 1. The van der Waals surface area contributed by atoms with E-state index in [-0.39, 0.29) is 0 Å². The number of rotatable bonds is 0. The Balaban J connectivity index is 0.000000461. The summed E-state index contributed by atoms with van der Waals surface area (Å²) in [5.41, 5.74) is 2.13. The average Bonchev–Trinajstić information content (AvgIpc) is 2.02. The molecular formula is C10H14O. The van der Waals surface area contributed by atoms with Crippen LogP contribution in [0.1, 0.15) is 11.1 Å². The molecule has 0 fully saturated rings. The molecular weight excluding hydrogens is 136 g/mol. The summed E-state index contributed by atoms with van der Waals surface area (Å²) in [5, 5.41) is 9.04. The Bertz CT molecular complexity index is 228. The quantitative estimate of drug-likeness (QED) is 0.564. The van der Waals surface area contributed by atoms with Gasteiger partial charge in [0, 0.05) is 0 Å². The predicted molar refractivity (Wildman–Crippen MR) is 48.8 cm³/mol. The number of aromatic hydroxyl groups is 1. The molecule has 0 amide bonds. The summed E-state index contributed by atoms with van der Waals surface area (Å²) >= 11 is 0. The smallest absolute Gasteiger partial charge is 0.118 e. The highest BCUT2D eigenvalue weighted by Gasteiger charge is 1.91. The number of hydrogen-bond donors (Lipinski definition) is 1. The van der Waals surface area contributed by atoms with Gasteiger partial charge in [-0.1, -0.05) is 17.7 Å². The third-order valence-corrected chi connectivity index (χ3v) is 1.35. The standard InChI is InChI=1S/C8H10O.C2H4/c1-6-3-4-8(9)7(2)5-6;1-2/h3-5,9H,1-2H3;1-2H2. The van der Waals surface area contributed by atoms with Crippen molar-refractivity contribution in [2.45, 2.75) is 13.8 Å². The van der Waals surface area contributed by atoms with E-state index in [2.05, 4.69) is 13.2 Å². The van der Waals surface area contributed by atoms with E-state index >= 15 is 0 Å². The molecule has 0 spiro atoms. The Morgan fingerprint density at radius 1 is 1.18 bits per heavy atom.